The minimum Gasteiger partial charge on any atom is -0.309 e. The van der Waals surface area contributed by atoms with Crippen LogP contribution < -0.4 is 15.9 Å². The van der Waals surface area contributed by atoms with E-state index < -0.39 is 7.14 Å². The molecule has 0 amide bonds. The van der Waals surface area contributed by atoms with E-state index in [-0.39, 0.29) is 0 Å². The molecule has 0 aliphatic heterocycles. The molecule has 240 valence electrons. The first-order valence-corrected chi connectivity index (χ1v) is 19.1. The van der Waals surface area contributed by atoms with Gasteiger partial charge in [-0.2, -0.15) is 0 Å². The number of benzene rings is 9. The van der Waals surface area contributed by atoms with E-state index in [9.17, 15) is 0 Å². The fourth-order valence-electron chi connectivity index (χ4n) is 8.15. The minimum absolute atomic E-state index is 0.826. The van der Waals surface area contributed by atoms with Gasteiger partial charge in [-0.15, -0.1) is 0 Å². The van der Waals surface area contributed by atoms with Crippen molar-refractivity contribution in [2.45, 2.75) is 0 Å². The van der Waals surface area contributed by atoms with Crippen molar-refractivity contribution in [1.82, 2.24) is 4.57 Å². The summed E-state index contributed by atoms with van der Waals surface area (Å²) < 4.78 is 17.9. The second kappa shape index (κ2) is 11.7. The van der Waals surface area contributed by atoms with Gasteiger partial charge in [-0.25, -0.2) is 0 Å². The van der Waals surface area contributed by atoms with E-state index >= 15 is 4.57 Å². The Morgan fingerprint density at radius 3 is 1.43 bits per heavy atom. The third-order valence-corrected chi connectivity index (χ3v) is 13.5. The van der Waals surface area contributed by atoms with E-state index in [0.717, 1.165) is 49.0 Å². The summed E-state index contributed by atoms with van der Waals surface area (Å²) in [5.41, 5.74) is 5.64. The highest BCUT2D eigenvalue weighted by atomic mass is 31.2. The summed E-state index contributed by atoms with van der Waals surface area (Å²) in [5.74, 6) is 0. The van der Waals surface area contributed by atoms with Crippen LogP contribution in [0.15, 0.2) is 194 Å². The van der Waals surface area contributed by atoms with Crippen LogP contribution in [-0.4, -0.2) is 4.57 Å². The number of hydrogen-bond acceptors (Lipinski definition) is 1. The largest absolute Gasteiger partial charge is 0.309 e. The van der Waals surface area contributed by atoms with Gasteiger partial charge in [-0.1, -0.05) is 152 Å². The molecule has 0 spiro atoms. The Bertz CT molecular complexity index is 2890. The van der Waals surface area contributed by atoms with Crippen LogP contribution >= 0.6 is 7.14 Å². The molecule has 0 atom stereocenters. The predicted octanol–water partition coefficient (Wildman–Crippen LogP) is 11.5. The van der Waals surface area contributed by atoms with Gasteiger partial charge >= 0.3 is 0 Å². The van der Waals surface area contributed by atoms with E-state index in [2.05, 4.69) is 138 Å². The molecule has 0 fully saturated rings. The van der Waals surface area contributed by atoms with Gasteiger partial charge < -0.3 is 9.13 Å². The average Bonchev–Trinajstić information content (AvgIpc) is 3.54. The Morgan fingerprint density at radius 1 is 0.353 bits per heavy atom. The molecular formula is C48H32NOP. The molecule has 3 heteroatoms. The molecule has 0 saturated carbocycles. The maximum atomic E-state index is 15.5. The molecule has 0 aliphatic rings. The molecule has 1 aromatic heterocycles. The van der Waals surface area contributed by atoms with Crippen molar-refractivity contribution in [3.8, 4) is 16.8 Å². The molecule has 2 nitrogen and oxygen atoms in total. The molecule has 1 heterocycles. The van der Waals surface area contributed by atoms with Gasteiger partial charge in [0.2, 0.25) is 0 Å². The topological polar surface area (TPSA) is 22.0 Å². The van der Waals surface area contributed by atoms with E-state index in [1.807, 2.05) is 60.7 Å². The van der Waals surface area contributed by atoms with Crippen LogP contribution in [0.25, 0.3) is 70.9 Å². The van der Waals surface area contributed by atoms with Gasteiger partial charge in [0, 0.05) is 32.4 Å². The average molecular weight is 670 g/mol. The van der Waals surface area contributed by atoms with Crippen molar-refractivity contribution in [2.24, 2.45) is 0 Å². The smallest absolute Gasteiger partial charge is 0.171 e. The molecule has 10 aromatic rings. The molecule has 0 N–H and O–H groups in total. The fourth-order valence-corrected chi connectivity index (χ4v) is 10.8. The Morgan fingerprint density at radius 2 is 0.824 bits per heavy atom. The first-order valence-electron chi connectivity index (χ1n) is 17.4. The first-order chi connectivity index (χ1) is 25.2. The Balaban J connectivity index is 1.29. The maximum absolute atomic E-state index is 15.5. The highest BCUT2D eigenvalue weighted by Gasteiger charge is 2.30. The van der Waals surface area contributed by atoms with E-state index in [1.165, 1.54) is 37.9 Å². The number of aromatic nitrogens is 1. The Labute approximate surface area is 296 Å². The van der Waals surface area contributed by atoms with Crippen LogP contribution in [0, 0.1) is 0 Å². The number of para-hydroxylation sites is 1. The molecule has 0 unspecified atom stereocenters. The zero-order chi connectivity index (χ0) is 33.9. The SMILES string of the molecule is O=P(c1ccccc1)(c1ccccc1)c1ccc2c(c1)c1cc(-c3cccc4c5ccccc5c5ccccc5c34)ccc1n2-c1ccccc1. The standard InChI is InChI=1S/C48H32NOP/c50-51(35-17-6-2-7-18-35,36-19-8-3-9-20-36)37-28-30-47-45(32-37)44-31-33(27-29-46(44)49(47)34-15-4-1-5-16-34)38-25-14-26-43-41-22-11-10-21-39(41)40-23-12-13-24-42(40)48(38)43/h1-32H. The summed E-state index contributed by atoms with van der Waals surface area (Å²) in [4.78, 5) is 0. The first kappa shape index (κ1) is 29.7. The summed E-state index contributed by atoms with van der Waals surface area (Å²) in [7, 11) is -3.18. The fraction of sp³-hybridized carbons (Fsp3) is 0. The summed E-state index contributed by atoms with van der Waals surface area (Å²) >= 11 is 0. The van der Waals surface area contributed by atoms with Gasteiger partial charge in [0.15, 0.2) is 7.14 Å². The number of nitrogens with zero attached hydrogens (tertiary/aromatic N) is 1. The lowest BCUT2D eigenvalue weighted by Crippen LogP contribution is -2.24. The normalized spacial score (nSPS) is 12.0. The molecule has 0 saturated heterocycles. The van der Waals surface area contributed by atoms with Crippen LogP contribution in [-0.2, 0) is 4.57 Å². The summed E-state index contributed by atoms with van der Waals surface area (Å²) in [6.45, 7) is 0. The van der Waals surface area contributed by atoms with E-state index in [1.54, 1.807) is 0 Å². The summed E-state index contributed by atoms with van der Waals surface area (Å²) in [5, 5.41) is 12.3. The molecule has 0 bridgehead atoms. The Hall–Kier alpha value is -6.21. The van der Waals surface area contributed by atoms with E-state index in [4.69, 9.17) is 0 Å². The second-order valence-corrected chi connectivity index (χ2v) is 16.0. The van der Waals surface area contributed by atoms with Gasteiger partial charge in [-0.05, 0) is 85.9 Å². The molecule has 0 radical (unpaired) electrons. The number of rotatable bonds is 5. The summed E-state index contributed by atoms with van der Waals surface area (Å²) in [6, 6.07) is 67.9. The van der Waals surface area contributed by atoms with Crippen molar-refractivity contribution in [1.29, 1.82) is 0 Å². The zero-order valence-electron chi connectivity index (χ0n) is 27.8. The van der Waals surface area contributed by atoms with Crippen molar-refractivity contribution in [2.75, 3.05) is 0 Å². The van der Waals surface area contributed by atoms with Gasteiger partial charge in [-0.3, -0.25) is 0 Å². The third-order valence-electron chi connectivity index (χ3n) is 10.4. The van der Waals surface area contributed by atoms with Crippen LogP contribution in [0.4, 0.5) is 0 Å². The zero-order valence-corrected chi connectivity index (χ0v) is 28.7. The van der Waals surface area contributed by atoms with Crippen molar-refractivity contribution >= 4 is 77.2 Å². The molecule has 9 aromatic carbocycles. The van der Waals surface area contributed by atoms with Crippen molar-refractivity contribution in [3.05, 3.63) is 194 Å². The number of fused-ring (bicyclic) bond motifs is 9. The summed E-state index contributed by atoms with van der Waals surface area (Å²) in [6.07, 6.45) is 0. The monoisotopic (exact) mass is 669 g/mol. The Kier molecular flexibility index (Phi) is 6.81. The van der Waals surface area contributed by atoms with Gasteiger partial charge in [0.05, 0.1) is 11.0 Å². The predicted molar refractivity (Wildman–Crippen MR) is 218 cm³/mol. The lowest BCUT2D eigenvalue weighted by atomic mass is 9.89. The van der Waals surface area contributed by atoms with Crippen LogP contribution in [0.5, 0.6) is 0 Å². The molecule has 51 heavy (non-hydrogen) atoms. The van der Waals surface area contributed by atoms with Gasteiger partial charge in [0.1, 0.15) is 0 Å². The van der Waals surface area contributed by atoms with Crippen molar-refractivity contribution in [3.63, 3.8) is 0 Å². The number of hydrogen-bond donors (Lipinski definition) is 0. The molecular weight excluding hydrogens is 638 g/mol. The van der Waals surface area contributed by atoms with Crippen molar-refractivity contribution < 1.29 is 4.57 Å². The lowest BCUT2D eigenvalue weighted by molar-refractivity contribution is 0.592. The van der Waals surface area contributed by atoms with Gasteiger partial charge in [0.25, 0.3) is 0 Å². The highest BCUT2D eigenvalue weighted by molar-refractivity contribution is 7.85. The van der Waals surface area contributed by atoms with Crippen LogP contribution in [0.2, 0.25) is 0 Å². The highest BCUT2D eigenvalue weighted by Crippen LogP contribution is 2.45. The molecule has 10 rings (SSSR count). The lowest BCUT2D eigenvalue weighted by Gasteiger charge is -2.20. The minimum atomic E-state index is -3.18. The maximum Gasteiger partial charge on any atom is 0.171 e. The molecule has 0 aliphatic carbocycles. The second-order valence-electron chi connectivity index (χ2n) is 13.2. The third kappa shape index (κ3) is 4.54. The van der Waals surface area contributed by atoms with E-state index in [0.29, 0.717) is 0 Å². The van der Waals surface area contributed by atoms with Crippen LogP contribution in [0.1, 0.15) is 0 Å². The quantitative estimate of drug-likeness (QED) is 0.132. The van der Waals surface area contributed by atoms with Crippen LogP contribution in [0.3, 0.4) is 0 Å².